The van der Waals surface area contributed by atoms with Crippen LogP contribution in [0.1, 0.15) is 32.9 Å². The highest BCUT2D eigenvalue weighted by Gasteiger charge is 2.16. The van der Waals surface area contributed by atoms with Gasteiger partial charge in [-0.1, -0.05) is 5.16 Å². The number of nitrogens with zero attached hydrogens (tertiary/aromatic N) is 1. The predicted octanol–water partition coefficient (Wildman–Crippen LogP) is 2.89. The molecular formula is C16H20N2O6. The summed E-state index contributed by atoms with van der Waals surface area (Å²) in [4.78, 5) is 23.0. The number of aromatic nitrogens is 1. The summed E-state index contributed by atoms with van der Waals surface area (Å²) in [5.41, 5.74) is -0.113. The van der Waals surface area contributed by atoms with Crippen molar-refractivity contribution in [1.82, 2.24) is 10.5 Å². The minimum absolute atomic E-state index is 0.0184. The van der Waals surface area contributed by atoms with E-state index in [2.05, 4.69) is 10.5 Å². The van der Waals surface area contributed by atoms with E-state index in [4.69, 9.17) is 18.4 Å². The zero-order valence-electron chi connectivity index (χ0n) is 13.8. The Morgan fingerprint density at radius 3 is 2.75 bits per heavy atom. The topological polar surface area (TPSA) is 104 Å². The number of amides is 1. The van der Waals surface area contributed by atoms with Gasteiger partial charge in [-0.2, -0.15) is 0 Å². The molecule has 0 spiro atoms. The van der Waals surface area contributed by atoms with E-state index in [1.807, 2.05) is 0 Å². The molecule has 8 heteroatoms. The fourth-order valence-electron chi connectivity index (χ4n) is 1.72. The number of alkyl carbamates (subject to hydrolysis) is 1. The van der Waals surface area contributed by atoms with Crippen molar-refractivity contribution in [1.29, 1.82) is 0 Å². The first-order chi connectivity index (χ1) is 11.3. The summed E-state index contributed by atoms with van der Waals surface area (Å²) in [5, 5.41) is 6.27. The molecule has 0 bridgehead atoms. The highest BCUT2D eigenvalue weighted by Crippen LogP contribution is 2.20. The molecule has 8 nitrogen and oxygen atoms in total. The summed E-state index contributed by atoms with van der Waals surface area (Å²) >= 11 is 0. The first-order valence-corrected chi connectivity index (χ1v) is 7.45. The van der Waals surface area contributed by atoms with E-state index < -0.39 is 17.7 Å². The van der Waals surface area contributed by atoms with E-state index in [0.717, 1.165) is 0 Å². The van der Waals surface area contributed by atoms with Gasteiger partial charge in [-0.25, -0.2) is 4.79 Å². The molecule has 0 saturated carbocycles. The molecule has 2 aromatic rings. The largest absolute Gasteiger partial charge is 0.461 e. The average molecular weight is 336 g/mol. The first kappa shape index (κ1) is 17.6. The van der Waals surface area contributed by atoms with E-state index in [0.29, 0.717) is 17.2 Å². The third kappa shape index (κ3) is 5.79. The fourth-order valence-corrected chi connectivity index (χ4v) is 1.72. The Balaban J connectivity index is 1.67. The zero-order chi connectivity index (χ0) is 17.6. The zero-order valence-corrected chi connectivity index (χ0v) is 13.8. The molecular weight excluding hydrogens is 316 g/mol. The molecule has 0 atom stereocenters. The van der Waals surface area contributed by atoms with Gasteiger partial charge in [0.1, 0.15) is 17.9 Å². The summed E-state index contributed by atoms with van der Waals surface area (Å²) in [6.07, 6.45) is 0.979. The van der Waals surface area contributed by atoms with Gasteiger partial charge in [0.15, 0.2) is 5.76 Å². The van der Waals surface area contributed by atoms with Gasteiger partial charge in [0.05, 0.1) is 12.7 Å². The van der Waals surface area contributed by atoms with Crippen molar-refractivity contribution in [3.8, 4) is 11.5 Å². The first-order valence-electron chi connectivity index (χ1n) is 7.45. The minimum atomic E-state index is -0.580. The SMILES string of the molecule is CC(C)(C)OC(=O)NCCC(=O)OCc1cc(-c2ccco2)on1. The van der Waals surface area contributed by atoms with E-state index in [9.17, 15) is 9.59 Å². The number of rotatable bonds is 6. The molecule has 2 heterocycles. The van der Waals surface area contributed by atoms with Crippen LogP contribution in [0.25, 0.3) is 11.5 Å². The number of esters is 1. The Bertz CT molecular complexity index is 669. The number of hydrogen-bond acceptors (Lipinski definition) is 7. The van der Waals surface area contributed by atoms with Crippen LogP contribution in [-0.2, 0) is 20.9 Å². The summed E-state index contributed by atoms with van der Waals surface area (Å²) in [6, 6.07) is 5.10. The Morgan fingerprint density at radius 2 is 2.08 bits per heavy atom. The third-order valence-corrected chi connectivity index (χ3v) is 2.70. The lowest BCUT2D eigenvalue weighted by molar-refractivity contribution is -0.144. The number of carbonyl (C=O) groups is 2. The van der Waals surface area contributed by atoms with Crippen molar-refractivity contribution in [2.24, 2.45) is 0 Å². The van der Waals surface area contributed by atoms with Crippen LogP contribution in [0.2, 0.25) is 0 Å². The molecule has 0 aliphatic rings. The van der Waals surface area contributed by atoms with Crippen LogP contribution in [-0.4, -0.2) is 29.4 Å². The molecule has 1 N–H and O–H groups in total. The van der Waals surface area contributed by atoms with E-state index >= 15 is 0 Å². The van der Waals surface area contributed by atoms with Gasteiger partial charge in [-0.3, -0.25) is 4.79 Å². The molecule has 2 rings (SSSR count). The van der Waals surface area contributed by atoms with Crippen molar-refractivity contribution < 1.29 is 28.0 Å². The standard InChI is InChI=1S/C16H20N2O6/c1-16(2,3)23-15(20)17-7-6-14(19)22-10-11-9-13(24-18-11)12-5-4-8-21-12/h4-5,8-9H,6-7,10H2,1-3H3,(H,17,20). The molecule has 130 valence electrons. The lowest BCUT2D eigenvalue weighted by Gasteiger charge is -2.19. The number of nitrogens with one attached hydrogen (secondary N) is 1. The van der Waals surface area contributed by atoms with Gasteiger partial charge < -0.3 is 23.7 Å². The maximum Gasteiger partial charge on any atom is 0.407 e. The highest BCUT2D eigenvalue weighted by atomic mass is 16.6. The molecule has 1 amide bonds. The number of ether oxygens (including phenoxy) is 2. The Morgan fingerprint density at radius 1 is 1.29 bits per heavy atom. The van der Waals surface area contributed by atoms with Crippen LogP contribution in [0, 0.1) is 0 Å². The summed E-state index contributed by atoms with van der Waals surface area (Å²) < 4.78 is 20.4. The van der Waals surface area contributed by atoms with Crippen LogP contribution >= 0.6 is 0 Å². The van der Waals surface area contributed by atoms with Crippen LogP contribution in [0.5, 0.6) is 0 Å². The van der Waals surface area contributed by atoms with Crippen LogP contribution in [0.3, 0.4) is 0 Å². The smallest absolute Gasteiger partial charge is 0.407 e. The molecule has 0 unspecified atom stereocenters. The third-order valence-electron chi connectivity index (χ3n) is 2.70. The fraction of sp³-hybridized carbons (Fsp3) is 0.438. The molecule has 0 aromatic carbocycles. The maximum absolute atomic E-state index is 11.6. The molecule has 0 aliphatic heterocycles. The Labute approximate surface area is 139 Å². The number of hydrogen-bond donors (Lipinski definition) is 1. The second kappa shape index (κ2) is 7.67. The Kier molecular flexibility index (Phi) is 5.62. The number of furan rings is 1. The van der Waals surface area contributed by atoms with E-state index in [-0.39, 0.29) is 19.6 Å². The normalized spacial score (nSPS) is 11.1. The van der Waals surface area contributed by atoms with Crippen LogP contribution in [0.15, 0.2) is 33.4 Å². The quantitative estimate of drug-likeness (QED) is 0.809. The molecule has 0 radical (unpaired) electrons. The summed E-state index contributed by atoms with van der Waals surface area (Å²) in [6.45, 7) is 5.39. The number of carbonyl (C=O) groups excluding carboxylic acids is 2. The van der Waals surface area contributed by atoms with Crippen molar-refractivity contribution in [3.05, 3.63) is 30.2 Å². The minimum Gasteiger partial charge on any atom is -0.461 e. The molecule has 0 saturated heterocycles. The van der Waals surface area contributed by atoms with E-state index in [1.54, 1.807) is 39.0 Å². The van der Waals surface area contributed by atoms with Gasteiger partial charge in [-0.05, 0) is 32.9 Å². The molecule has 0 fully saturated rings. The van der Waals surface area contributed by atoms with E-state index in [1.165, 1.54) is 6.26 Å². The van der Waals surface area contributed by atoms with Crippen LogP contribution < -0.4 is 5.32 Å². The van der Waals surface area contributed by atoms with Gasteiger partial charge in [0, 0.05) is 12.6 Å². The van der Waals surface area contributed by atoms with Crippen molar-refractivity contribution in [2.75, 3.05) is 6.54 Å². The van der Waals surface area contributed by atoms with Gasteiger partial charge >= 0.3 is 12.1 Å². The highest BCUT2D eigenvalue weighted by molar-refractivity contribution is 5.72. The summed E-state index contributed by atoms with van der Waals surface area (Å²) in [7, 11) is 0. The predicted molar refractivity (Wildman–Crippen MR) is 82.9 cm³/mol. The second-order valence-electron chi connectivity index (χ2n) is 6.00. The van der Waals surface area contributed by atoms with Crippen molar-refractivity contribution in [3.63, 3.8) is 0 Å². The second-order valence-corrected chi connectivity index (χ2v) is 6.00. The van der Waals surface area contributed by atoms with Crippen molar-refractivity contribution in [2.45, 2.75) is 39.4 Å². The summed E-state index contributed by atoms with van der Waals surface area (Å²) in [5.74, 6) is 0.535. The van der Waals surface area contributed by atoms with Gasteiger partial charge in [0.25, 0.3) is 0 Å². The average Bonchev–Trinajstić information content (AvgIpc) is 3.14. The lowest BCUT2D eigenvalue weighted by Crippen LogP contribution is -2.33. The van der Waals surface area contributed by atoms with Gasteiger partial charge in [-0.15, -0.1) is 0 Å². The maximum atomic E-state index is 11.6. The molecule has 0 aliphatic carbocycles. The van der Waals surface area contributed by atoms with Gasteiger partial charge in [0.2, 0.25) is 5.76 Å². The lowest BCUT2D eigenvalue weighted by atomic mass is 10.2. The monoisotopic (exact) mass is 336 g/mol. The van der Waals surface area contributed by atoms with Crippen LogP contribution in [0.4, 0.5) is 4.79 Å². The molecule has 24 heavy (non-hydrogen) atoms. The molecule has 2 aromatic heterocycles. The van der Waals surface area contributed by atoms with Crippen molar-refractivity contribution >= 4 is 12.1 Å². The Hall–Kier alpha value is -2.77.